The lowest BCUT2D eigenvalue weighted by molar-refractivity contribution is 0.807. The number of nitrogens with two attached hydrogens (primary N) is 2. The molecule has 5 heteroatoms. The first-order valence-electron chi connectivity index (χ1n) is 3.13. The number of hydrogen-bond donors (Lipinski definition) is 2. The summed E-state index contributed by atoms with van der Waals surface area (Å²) in [6.07, 6.45) is 1.54. The van der Waals surface area contributed by atoms with Gasteiger partial charge in [-0.3, -0.25) is 0 Å². The predicted molar refractivity (Wildman–Crippen MR) is 41.8 cm³/mol. The van der Waals surface area contributed by atoms with Gasteiger partial charge >= 0.3 is 0 Å². The molecular formula is C6H7N5. The zero-order valence-corrected chi connectivity index (χ0v) is 5.73. The minimum absolute atomic E-state index is 0.431. The van der Waals surface area contributed by atoms with E-state index < -0.39 is 0 Å². The third kappa shape index (κ3) is 0.778. The molecule has 0 radical (unpaired) electrons. The Labute approximate surface area is 62.6 Å². The third-order valence-corrected chi connectivity index (χ3v) is 1.44. The van der Waals surface area contributed by atoms with Crippen LogP contribution in [0.5, 0.6) is 0 Å². The van der Waals surface area contributed by atoms with Gasteiger partial charge in [-0.15, -0.1) is 9.73 Å². The summed E-state index contributed by atoms with van der Waals surface area (Å²) in [5.74, 6) is 0.431. The summed E-state index contributed by atoms with van der Waals surface area (Å²) in [7, 11) is 0. The van der Waals surface area contributed by atoms with Crippen LogP contribution in [0.15, 0.2) is 18.3 Å². The maximum Gasteiger partial charge on any atom is 0.146 e. The number of fused-ring (bicyclic) bond motifs is 1. The van der Waals surface area contributed by atoms with Gasteiger partial charge in [-0.05, 0) is 12.1 Å². The molecule has 0 saturated carbocycles. The standard InChI is InChI=1S/C6H7N5/c7-4-3-9-11-5(4)1-2-6(8)10-11/h1-3H,7H2,(H2,8,10). The van der Waals surface area contributed by atoms with Crippen LogP contribution >= 0.6 is 0 Å². The van der Waals surface area contributed by atoms with Crippen molar-refractivity contribution < 1.29 is 0 Å². The Morgan fingerprint density at radius 3 is 2.91 bits per heavy atom. The molecule has 0 aliphatic rings. The van der Waals surface area contributed by atoms with E-state index in [9.17, 15) is 0 Å². The summed E-state index contributed by atoms with van der Waals surface area (Å²) in [6, 6.07) is 3.47. The molecule has 0 amide bonds. The Hall–Kier alpha value is -1.78. The normalized spacial score (nSPS) is 10.5. The van der Waals surface area contributed by atoms with Gasteiger partial charge in [-0.2, -0.15) is 5.10 Å². The van der Waals surface area contributed by atoms with Crippen molar-refractivity contribution >= 4 is 17.0 Å². The molecule has 0 bridgehead atoms. The topological polar surface area (TPSA) is 82.2 Å². The van der Waals surface area contributed by atoms with E-state index >= 15 is 0 Å². The number of aromatic nitrogens is 3. The van der Waals surface area contributed by atoms with Gasteiger partial charge in [0.15, 0.2) is 0 Å². The number of hydrogen-bond acceptors (Lipinski definition) is 4. The average Bonchev–Trinajstić information content (AvgIpc) is 2.32. The molecule has 5 nitrogen and oxygen atoms in total. The van der Waals surface area contributed by atoms with E-state index in [-0.39, 0.29) is 0 Å². The molecule has 0 aliphatic heterocycles. The lowest BCUT2D eigenvalue weighted by atomic mass is 10.4. The fourth-order valence-corrected chi connectivity index (χ4v) is 0.910. The minimum Gasteiger partial charge on any atom is -0.396 e. The average molecular weight is 149 g/mol. The second-order valence-electron chi connectivity index (χ2n) is 2.23. The van der Waals surface area contributed by atoms with Gasteiger partial charge in [0.05, 0.1) is 11.9 Å². The molecule has 0 aliphatic carbocycles. The summed E-state index contributed by atoms with van der Waals surface area (Å²) < 4.78 is 1.41. The van der Waals surface area contributed by atoms with Crippen LogP contribution in [0, 0.1) is 0 Å². The molecule has 56 valence electrons. The highest BCUT2D eigenvalue weighted by molar-refractivity contribution is 5.68. The second-order valence-corrected chi connectivity index (χ2v) is 2.23. The maximum absolute atomic E-state index is 5.56. The van der Waals surface area contributed by atoms with Crippen LogP contribution in [-0.4, -0.2) is 14.8 Å². The maximum atomic E-state index is 5.56. The number of rotatable bonds is 0. The highest BCUT2D eigenvalue weighted by Crippen LogP contribution is 2.10. The van der Waals surface area contributed by atoms with Gasteiger partial charge in [-0.1, -0.05) is 0 Å². The van der Waals surface area contributed by atoms with Crippen LogP contribution in [0.1, 0.15) is 0 Å². The monoisotopic (exact) mass is 149 g/mol. The first kappa shape index (κ1) is 5.96. The molecule has 0 atom stereocenters. The molecule has 2 aromatic heterocycles. The molecule has 4 N–H and O–H groups in total. The minimum atomic E-state index is 0.431. The molecular weight excluding hydrogens is 142 g/mol. The Balaban J connectivity index is 2.86. The van der Waals surface area contributed by atoms with E-state index in [0.717, 1.165) is 5.52 Å². The van der Waals surface area contributed by atoms with Crippen molar-refractivity contribution in [2.75, 3.05) is 11.5 Å². The van der Waals surface area contributed by atoms with Crippen molar-refractivity contribution in [3.63, 3.8) is 0 Å². The Kier molecular flexibility index (Phi) is 1.00. The van der Waals surface area contributed by atoms with Crippen LogP contribution in [0.25, 0.3) is 5.52 Å². The van der Waals surface area contributed by atoms with Crippen molar-refractivity contribution in [1.82, 2.24) is 14.8 Å². The van der Waals surface area contributed by atoms with Crippen molar-refractivity contribution in [3.8, 4) is 0 Å². The van der Waals surface area contributed by atoms with E-state index in [1.54, 1.807) is 18.3 Å². The van der Waals surface area contributed by atoms with E-state index in [4.69, 9.17) is 11.5 Å². The lowest BCUT2D eigenvalue weighted by Gasteiger charge is -1.93. The molecule has 2 rings (SSSR count). The summed E-state index contributed by atoms with van der Waals surface area (Å²) in [4.78, 5) is 0. The molecule has 2 aromatic rings. The van der Waals surface area contributed by atoms with Gasteiger partial charge in [-0.25, -0.2) is 0 Å². The quantitative estimate of drug-likeness (QED) is 0.547. The fourth-order valence-electron chi connectivity index (χ4n) is 0.910. The first-order chi connectivity index (χ1) is 5.27. The second kappa shape index (κ2) is 1.85. The highest BCUT2D eigenvalue weighted by atomic mass is 15.4. The first-order valence-corrected chi connectivity index (χ1v) is 3.13. The fraction of sp³-hybridized carbons (Fsp3) is 0. The van der Waals surface area contributed by atoms with Crippen LogP contribution in [0.2, 0.25) is 0 Å². The van der Waals surface area contributed by atoms with Crippen molar-refractivity contribution in [2.24, 2.45) is 0 Å². The SMILES string of the molecule is Nc1ccc2c(N)cnn2n1. The van der Waals surface area contributed by atoms with Crippen LogP contribution < -0.4 is 11.5 Å². The summed E-state index contributed by atoms with van der Waals surface area (Å²) in [6.45, 7) is 0. The molecule has 0 spiro atoms. The number of nitrogen functional groups attached to an aromatic ring is 2. The lowest BCUT2D eigenvalue weighted by Crippen LogP contribution is -1.98. The Morgan fingerprint density at radius 1 is 1.27 bits per heavy atom. The summed E-state index contributed by atoms with van der Waals surface area (Å²) in [5.41, 5.74) is 12.4. The van der Waals surface area contributed by atoms with E-state index in [1.807, 2.05) is 0 Å². The largest absolute Gasteiger partial charge is 0.396 e. The molecule has 11 heavy (non-hydrogen) atoms. The smallest absolute Gasteiger partial charge is 0.146 e. The van der Waals surface area contributed by atoms with Gasteiger partial charge < -0.3 is 11.5 Å². The van der Waals surface area contributed by atoms with Crippen molar-refractivity contribution in [3.05, 3.63) is 18.3 Å². The summed E-state index contributed by atoms with van der Waals surface area (Å²) in [5, 5.41) is 7.78. The van der Waals surface area contributed by atoms with Gasteiger partial charge in [0.1, 0.15) is 11.3 Å². The van der Waals surface area contributed by atoms with Gasteiger partial charge in [0.25, 0.3) is 0 Å². The summed E-state index contributed by atoms with van der Waals surface area (Å²) >= 11 is 0. The molecule has 0 unspecified atom stereocenters. The Bertz CT molecular complexity index is 391. The highest BCUT2D eigenvalue weighted by Gasteiger charge is 1.99. The molecule has 0 fully saturated rings. The Morgan fingerprint density at radius 2 is 2.09 bits per heavy atom. The van der Waals surface area contributed by atoms with Crippen LogP contribution in [0.3, 0.4) is 0 Å². The third-order valence-electron chi connectivity index (χ3n) is 1.44. The van der Waals surface area contributed by atoms with Gasteiger partial charge in [0.2, 0.25) is 0 Å². The van der Waals surface area contributed by atoms with Crippen molar-refractivity contribution in [1.29, 1.82) is 0 Å². The van der Waals surface area contributed by atoms with E-state index in [0.29, 0.717) is 11.5 Å². The zero-order valence-electron chi connectivity index (χ0n) is 5.73. The number of nitrogens with zero attached hydrogens (tertiary/aromatic N) is 3. The van der Waals surface area contributed by atoms with Gasteiger partial charge in [0, 0.05) is 0 Å². The molecule has 0 aromatic carbocycles. The zero-order chi connectivity index (χ0) is 7.84. The van der Waals surface area contributed by atoms with Crippen molar-refractivity contribution in [2.45, 2.75) is 0 Å². The van der Waals surface area contributed by atoms with E-state index in [1.165, 1.54) is 4.63 Å². The number of anilines is 2. The van der Waals surface area contributed by atoms with Crippen LogP contribution in [-0.2, 0) is 0 Å². The van der Waals surface area contributed by atoms with Crippen LogP contribution in [0.4, 0.5) is 11.5 Å². The predicted octanol–water partition coefficient (Wildman–Crippen LogP) is -0.106. The molecule has 0 saturated heterocycles. The van der Waals surface area contributed by atoms with E-state index in [2.05, 4.69) is 10.2 Å². The molecule has 2 heterocycles.